The lowest BCUT2D eigenvalue weighted by molar-refractivity contribution is 0.0962. The molecule has 2 nitrogen and oxygen atoms in total. The highest BCUT2D eigenvalue weighted by atomic mass is 35.5. The topological polar surface area (TPSA) is 30.2 Å². The van der Waals surface area contributed by atoms with Crippen molar-refractivity contribution in [2.75, 3.05) is 0 Å². The first-order chi connectivity index (χ1) is 8.11. The van der Waals surface area contributed by atoms with Gasteiger partial charge in [-0.3, -0.25) is 4.79 Å². The SMILES string of the molecule is CCC(=O)c1ccc(-c2cc(Cl)ccc2Cl)o1. The van der Waals surface area contributed by atoms with E-state index in [0.717, 1.165) is 0 Å². The fourth-order valence-corrected chi connectivity index (χ4v) is 1.88. The Morgan fingerprint density at radius 2 is 2.00 bits per heavy atom. The molecule has 0 unspecified atom stereocenters. The minimum Gasteiger partial charge on any atom is -0.453 e. The minimum absolute atomic E-state index is 0.0330. The number of carbonyl (C=O) groups is 1. The van der Waals surface area contributed by atoms with Crippen LogP contribution in [0.3, 0.4) is 0 Å². The van der Waals surface area contributed by atoms with Gasteiger partial charge in [-0.2, -0.15) is 0 Å². The molecule has 0 fully saturated rings. The largest absolute Gasteiger partial charge is 0.453 e. The zero-order chi connectivity index (χ0) is 12.4. The van der Waals surface area contributed by atoms with Crippen LogP contribution in [0, 0.1) is 0 Å². The van der Waals surface area contributed by atoms with E-state index in [9.17, 15) is 4.79 Å². The summed E-state index contributed by atoms with van der Waals surface area (Å²) >= 11 is 11.9. The molecule has 0 aliphatic heterocycles. The van der Waals surface area contributed by atoms with Crippen molar-refractivity contribution in [2.45, 2.75) is 13.3 Å². The summed E-state index contributed by atoms with van der Waals surface area (Å²) in [5, 5.41) is 1.11. The van der Waals surface area contributed by atoms with Crippen LogP contribution in [0.2, 0.25) is 10.0 Å². The molecular weight excluding hydrogens is 259 g/mol. The predicted molar refractivity (Wildman–Crippen MR) is 68.8 cm³/mol. The fourth-order valence-electron chi connectivity index (χ4n) is 1.49. The first kappa shape index (κ1) is 12.2. The van der Waals surface area contributed by atoms with Crippen LogP contribution in [0.15, 0.2) is 34.7 Å². The zero-order valence-electron chi connectivity index (χ0n) is 9.17. The van der Waals surface area contributed by atoms with Crippen molar-refractivity contribution in [1.82, 2.24) is 0 Å². The van der Waals surface area contributed by atoms with Crippen LogP contribution in [-0.4, -0.2) is 5.78 Å². The van der Waals surface area contributed by atoms with Gasteiger partial charge in [0.15, 0.2) is 11.5 Å². The van der Waals surface area contributed by atoms with Crippen LogP contribution in [-0.2, 0) is 0 Å². The average Bonchev–Trinajstić information content (AvgIpc) is 2.80. The highest BCUT2D eigenvalue weighted by Gasteiger charge is 2.12. The standard InChI is InChI=1S/C13H10Cl2O2/c1-2-11(16)13-6-5-12(17-13)9-7-8(14)3-4-10(9)15/h3-7H,2H2,1H3. The zero-order valence-corrected chi connectivity index (χ0v) is 10.7. The Hall–Kier alpha value is -1.25. The molecule has 4 heteroatoms. The molecule has 0 saturated heterocycles. The van der Waals surface area contributed by atoms with Crippen LogP contribution >= 0.6 is 23.2 Å². The van der Waals surface area contributed by atoms with Gasteiger partial charge in [0, 0.05) is 17.0 Å². The molecule has 0 N–H and O–H groups in total. The van der Waals surface area contributed by atoms with Gasteiger partial charge < -0.3 is 4.42 Å². The number of carbonyl (C=O) groups excluding carboxylic acids is 1. The van der Waals surface area contributed by atoms with E-state index in [-0.39, 0.29) is 5.78 Å². The van der Waals surface area contributed by atoms with Crippen molar-refractivity contribution < 1.29 is 9.21 Å². The molecule has 0 atom stereocenters. The third-order valence-electron chi connectivity index (χ3n) is 2.40. The predicted octanol–water partition coefficient (Wildman–Crippen LogP) is 4.85. The molecule has 1 aromatic carbocycles. The normalized spacial score (nSPS) is 10.5. The first-order valence-electron chi connectivity index (χ1n) is 5.20. The molecular formula is C13H10Cl2O2. The highest BCUT2D eigenvalue weighted by molar-refractivity contribution is 6.35. The van der Waals surface area contributed by atoms with E-state index in [4.69, 9.17) is 27.6 Å². The van der Waals surface area contributed by atoms with E-state index < -0.39 is 0 Å². The Balaban J connectivity index is 2.43. The van der Waals surface area contributed by atoms with Gasteiger partial charge in [-0.1, -0.05) is 30.1 Å². The summed E-state index contributed by atoms with van der Waals surface area (Å²) in [7, 11) is 0. The Labute approximate surface area is 109 Å². The van der Waals surface area contributed by atoms with Gasteiger partial charge in [-0.15, -0.1) is 0 Å². The van der Waals surface area contributed by atoms with Crippen LogP contribution < -0.4 is 0 Å². The molecule has 0 amide bonds. The summed E-state index contributed by atoms with van der Waals surface area (Å²) in [6.07, 6.45) is 0.413. The van der Waals surface area contributed by atoms with Gasteiger partial charge in [-0.25, -0.2) is 0 Å². The maximum Gasteiger partial charge on any atom is 0.197 e. The molecule has 2 aromatic rings. The lowest BCUT2D eigenvalue weighted by Crippen LogP contribution is -1.92. The van der Waals surface area contributed by atoms with E-state index in [1.165, 1.54) is 0 Å². The van der Waals surface area contributed by atoms with E-state index in [1.54, 1.807) is 37.3 Å². The summed E-state index contributed by atoms with van der Waals surface area (Å²) < 4.78 is 5.47. The van der Waals surface area contributed by atoms with Crippen molar-refractivity contribution in [1.29, 1.82) is 0 Å². The van der Waals surface area contributed by atoms with E-state index >= 15 is 0 Å². The van der Waals surface area contributed by atoms with Gasteiger partial charge in [-0.05, 0) is 30.3 Å². The molecule has 0 aliphatic rings. The van der Waals surface area contributed by atoms with Crippen LogP contribution in [0.4, 0.5) is 0 Å². The molecule has 1 heterocycles. The number of hydrogen-bond donors (Lipinski definition) is 0. The molecule has 0 saturated carbocycles. The molecule has 0 spiro atoms. The van der Waals surface area contributed by atoms with E-state index in [1.807, 2.05) is 0 Å². The van der Waals surface area contributed by atoms with Crippen molar-refractivity contribution >= 4 is 29.0 Å². The van der Waals surface area contributed by atoms with Crippen molar-refractivity contribution in [3.8, 4) is 11.3 Å². The molecule has 0 radical (unpaired) electrons. The summed E-state index contributed by atoms with van der Waals surface area (Å²) in [5.74, 6) is 0.863. The second kappa shape index (κ2) is 4.94. The average molecular weight is 269 g/mol. The molecule has 88 valence electrons. The third-order valence-corrected chi connectivity index (χ3v) is 2.96. The van der Waals surface area contributed by atoms with E-state index in [0.29, 0.717) is 33.6 Å². The number of furan rings is 1. The summed E-state index contributed by atoms with van der Waals surface area (Å²) in [4.78, 5) is 11.5. The Morgan fingerprint density at radius 3 is 2.71 bits per heavy atom. The molecule has 0 aliphatic carbocycles. The lowest BCUT2D eigenvalue weighted by atomic mass is 10.2. The smallest absolute Gasteiger partial charge is 0.197 e. The molecule has 0 bridgehead atoms. The number of benzene rings is 1. The Bertz CT molecular complexity index is 558. The Kier molecular flexibility index (Phi) is 3.55. The molecule has 1 aromatic heterocycles. The van der Waals surface area contributed by atoms with E-state index in [2.05, 4.69) is 0 Å². The molecule has 2 rings (SSSR count). The number of halogens is 2. The number of Topliss-reactive ketones (excluding diaryl/α,β-unsaturated/α-hetero) is 1. The van der Waals surface area contributed by atoms with Crippen molar-refractivity contribution in [3.63, 3.8) is 0 Å². The van der Waals surface area contributed by atoms with Crippen LogP contribution in [0.5, 0.6) is 0 Å². The summed E-state index contributed by atoms with van der Waals surface area (Å²) in [6, 6.07) is 8.49. The summed E-state index contributed by atoms with van der Waals surface area (Å²) in [5.41, 5.74) is 0.689. The second-order valence-electron chi connectivity index (χ2n) is 3.56. The van der Waals surface area contributed by atoms with Gasteiger partial charge >= 0.3 is 0 Å². The second-order valence-corrected chi connectivity index (χ2v) is 4.41. The number of rotatable bonds is 3. The third kappa shape index (κ3) is 2.54. The van der Waals surface area contributed by atoms with Crippen molar-refractivity contribution in [2.24, 2.45) is 0 Å². The van der Waals surface area contributed by atoms with Crippen LogP contribution in [0.1, 0.15) is 23.9 Å². The maximum absolute atomic E-state index is 11.5. The fraction of sp³-hybridized carbons (Fsp3) is 0.154. The first-order valence-corrected chi connectivity index (χ1v) is 5.96. The van der Waals surface area contributed by atoms with Crippen molar-refractivity contribution in [3.05, 3.63) is 46.1 Å². The Morgan fingerprint density at radius 1 is 1.24 bits per heavy atom. The quantitative estimate of drug-likeness (QED) is 0.746. The number of ketones is 1. The van der Waals surface area contributed by atoms with Gasteiger partial charge in [0.25, 0.3) is 0 Å². The maximum atomic E-state index is 11.5. The van der Waals surface area contributed by atoms with Gasteiger partial charge in [0.1, 0.15) is 5.76 Å². The molecule has 17 heavy (non-hydrogen) atoms. The van der Waals surface area contributed by atoms with Crippen LogP contribution in [0.25, 0.3) is 11.3 Å². The summed E-state index contributed by atoms with van der Waals surface area (Å²) in [6.45, 7) is 1.79. The lowest BCUT2D eigenvalue weighted by Gasteiger charge is -2.01. The van der Waals surface area contributed by atoms with Gasteiger partial charge in [0.2, 0.25) is 0 Å². The monoisotopic (exact) mass is 268 g/mol. The number of hydrogen-bond acceptors (Lipinski definition) is 2. The minimum atomic E-state index is -0.0330. The highest BCUT2D eigenvalue weighted by Crippen LogP contribution is 2.31. The van der Waals surface area contributed by atoms with Gasteiger partial charge in [0.05, 0.1) is 5.02 Å².